The summed E-state index contributed by atoms with van der Waals surface area (Å²) in [5.41, 5.74) is 1.46. The molecule has 0 fully saturated rings. The molecule has 6 nitrogen and oxygen atoms in total. The zero-order chi connectivity index (χ0) is 16.8. The second-order valence-electron chi connectivity index (χ2n) is 5.42. The maximum Gasteiger partial charge on any atom is 0.311 e. The van der Waals surface area contributed by atoms with E-state index in [1.54, 1.807) is 26.2 Å². The summed E-state index contributed by atoms with van der Waals surface area (Å²) < 4.78 is 6.39. The van der Waals surface area contributed by atoms with Gasteiger partial charge in [-0.2, -0.15) is 5.10 Å². The molecule has 0 saturated carbocycles. The van der Waals surface area contributed by atoms with Crippen LogP contribution >= 0.6 is 0 Å². The van der Waals surface area contributed by atoms with Crippen molar-refractivity contribution in [3.05, 3.63) is 53.9 Å². The number of rotatable bonds is 6. The third-order valence-electron chi connectivity index (χ3n) is 3.82. The largest absolute Gasteiger partial charge is 0.469 e. The van der Waals surface area contributed by atoms with Gasteiger partial charge in [0, 0.05) is 19.3 Å². The van der Waals surface area contributed by atoms with E-state index in [0.29, 0.717) is 12.1 Å². The molecule has 0 aliphatic rings. The summed E-state index contributed by atoms with van der Waals surface area (Å²) in [5.74, 6) is -1.06. The smallest absolute Gasteiger partial charge is 0.311 e. The molecule has 2 aromatic rings. The van der Waals surface area contributed by atoms with Crippen LogP contribution in [0.2, 0.25) is 0 Å². The van der Waals surface area contributed by atoms with Crippen molar-refractivity contribution in [2.24, 2.45) is 13.0 Å². The highest BCUT2D eigenvalue weighted by Crippen LogP contribution is 2.15. The van der Waals surface area contributed by atoms with Crippen molar-refractivity contribution in [1.29, 1.82) is 0 Å². The van der Waals surface area contributed by atoms with E-state index in [4.69, 9.17) is 4.74 Å². The van der Waals surface area contributed by atoms with Crippen LogP contribution in [0.5, 0.6) is 0 Å². The highest BCUT2D eigenvalue weighted by molar-refractivity contribution is 5.93. The van der Waals surface area contributed by atoms with E-state index in [1.165, 1.54) is 11.8 Å². The number of hydrogen-bond acceptors (Lipinski definition) is 4. The van der Waals surface area contributed by atoms with Crippen LogP contribution in [-0.2, 0) is 23.0 Å². The maximum absolute atomic E-state index is 12.3. The topological polar surface area (TPSA) is 73.2 Å². The minimum absolute atomic E-state index is 0.264. The average Bonchev–Trinajstić information content (AvgIpc) is 2.99. The molecule has 1 N–H and O–H groups in total. The van der Waals surface area contributed by atoms with Crippen LogP contribution in [-0.4, -0.2) is 34.8 Å². The summed E-state index contributed by atoms with van der Waals surface area (Å²) in [7, 11) is 3.05. The second-order valence-corrected chi connectivity index (χ2v) is 5.42. The maximum atomic E-state index is 12.3. The van der Waals surface area contributed by atoms with Crippen molar-refractivity contribution in [1.82, 2.24) is 15.1 Å². The van der Waals surface area contributed by atoms with Crippen LogP contribution in [0.4, 0.5) is 0 Å². The van der Waals surface area contributed by atoms with E-state index in [1.807, 2.05) is 30.3 Å². The minimum Gasteiger partial charge on any atom is -0.469 e. The third kappa shape index (κ3) is 4.18. The fourth-order valence-electron chi connectivity index (χ4n) is 2.46. The minimum atomic E-state index is -0.459. The Bertz CT molecular complexity index is 667. The SMILES string of the molecule is COC(=O)[C@@H](Cc1ccccc1)[C@@H](C)NC(=O)c1ccnn1C. The number of nitrogens with zero attached hydrogens (tertiary/aromatic N) is 2. The molecule has 0 radical (unpaired) electrons. The van der Waals surface area contributed by atoms with Crippen molar-refractivity contribution in [2.45, 2.75) is 19.4 Å². The molecule has 0 unspecified atom stereocenters. The fourth-order valence-corrected chi connectivity index (χ4v) is 2.46. The molecule has 6 heteroatoms. The highest BCUT2D eigenvalue weighted by Gasteiger charge is 2.28. The van der Waals surface area contributed by atoms with E-state index in [2.05, 4.69) is 10.4 Å². The molecule has 2 rings (SSSR count). The molecular formula is C17H21N3O3. The van der Waals surface area contributed by atoms with E-state index >= 15 is 0 Å². The Morgan fingerprint density at radius 1 is 1.26 bits per heavy atom. The lowest BCUT2D eigenvalue weighted by molar-refractivity contribution is -0.146. The number of nitrogens with one attached hydrogen (secondary N) is 1. The average molecular weight is 315 g/mol. The van der Waals surface area contributed by atoms with E-state index in [9.17, 15) is 9.59 Å². The molecular weight excluding hydrogens is 294 g/mol. The van der Waals surface area contributed by atoms with Crippen molar-refractivity contribution in [2.75, 3.05) is 7.11 Å². The van der Waals surface area contributed by atoms with Gasteiger partial charge in [0.2, 0.25) is 0 Å². The number of ether oxygens (including phenoxy) is 1. The van der Waals surface area contributed by atoms with Crippen molar-refractivity contribution in [3.8, 4) is 0 Å². The summed E-state index contributed by atoms with van der Waals surface area (Å²) in [6.45, 7) is 1.80. The van der Waals surface area contributed by atoms with Crippen molar-refractivity contribution >= 4 is 11.9 Å². The first-order valence-corrected chi connectivity index (χ1v) is 7.43. The van der Waals surface area contributed by atoms with E-state index < -0.39 is 5.92 Å². The summed E-state index contributed by atoms with van der Waals surface area (Å²) in [6, 6.07) is 10.9. The summed E-state index contributed by atoms with van der Waals surface area (Å²) in [5, 5.41) is 6.83. The Labute approximate surface area is 135 Å². The van der Waals surface area contributed by atoms with E-state index in [-0.39, 0.29) is 17.9 Å². The van der Waals surface area contributed by atoms with Crippen LogP contribution in [0.15, 0.2) is 42.6 Å². The molecule has 0 saturated heterocycles. The molecule has 0 bridgehead atoms. The summed E-state index contributed by atoms with van der Waals surface area (Å²) in [4.78, 5) is 24.4. The van der Waals surface area contributed by atoms with Gasteiger partial charge in [0.15, 0.2) is 0 Å². The van der Waals surface area contributed by atoms with Gasteiger partial charge in [0.1, 0.15) is 5.69 Å². The van der Waals surface area contributed by atoms with Gasteiger partial charge in [-0.3, -0.25) is 14.3 Å². The van der Waals surface area contributed by atoms with Crippen LogP contribution < -0.4 is 5.32 Å². The van der Waals surface area contributed by atoms with Crippen molar-refractivity contribution in [3.63, 3.8) is 0 Å². The monoisotopic (exact) mass is 315 g/mol. The molecule has 0 aliphatic carbocycles. The molecule has 1 aromatic heterocycles. The number of esters is 1. The molecule has 1 amide bonds. The Balaban J connectivity index is 2.10. The lowest BCUT2D eigenvalue weighted by atomic mass is 9.93. The van der Waals surface area contributed by atoms with Gasteiger partial charge in [-0.1, -0.05) is 30.3 Å². The van der Waals surface area contributed by atoms with Crippen LogP contribution in [0.3, 0.4) is 0 Å². The standard InChI is InChI=1S/C17H21N3O3/c1-12(19-16(21)15-9-10-18-20(15)2)14(17(22)23-3)11-13-7-5-4-6-8-13/h4-10,12,14H,11H2,1-3H3,(H,19,21)/t12-,14+/m1/s1. The zero-order valence-electron chi connectivity index (χ0n) is 13.5. The first-order valence-electron chi connectivity index (χ1n) is 7.43. The van der Waals surface area contributed by atoms with Gasteiger partial charge < -0.3 is 10.1 Å². The Hall–Kier alpha value is -2.63. The Kier molecular flexibility index (Phi) is 5.51. The molecule has 0 aliphatic heterocycles. The lowest BCUT2D eigenvalue weighted by Gasteiger charge is -2.23. The highest BCUT2D eigenvalue weighted by atomic mass is 16.5. The molecule has 23 heavy (non-hydrogen) atoms. The number of benzene rings is 1. The van der Waals surface area contributed by atoms with Gasteiger partial charge in [0.25, 0.3) is 5.91 Å². The summed E-state index contributed by atoms with van der Waals surface area (Å²) in [6.07, 6.45) is 2.06. The fraction of sp³-hybridized carbons (Fsp3) is 0.353. The number of aryl methyl sites for hydroxylation is 1. The van der Waals surface area contributed by atoms with Gasteiger partial charge in [-0.15, -0.1) is 0 Å². The number of amides is 1. The number of carbonyl (C=O) groups is 2. The van der Waals surface area contributed by atoms with Gasteiger partial charge in [-0.05, 0) is 25.0 Å². The molecule has 2 atom stereocenters. The Morgan fingerprint density at radius 3 is 2.52 bits per heavy atom. The van der Waals surface area contributed by atoms with Gasteiger partial charge in [-0.25, -0.2) is 0 Å². The van der Waals surface area contributed by atoms with Crippen LogP contribution in [0.25, 0.3) is 0 Å². The summed E-state index contributed by atoms with van der Waals surface area (Å²) >= 11 is 0. The van der Waals surface area contributed by atoms with Gasteiger partial charge in [0.05, 0.1) is 13.0 Å². The molecule has 0 spiro atoms. The second kappa shape index (κ2) is 7.58. The first-order chi connectivity index (χ1) is 11.0. The van der Waals surface area contributed by atoms with Gasteiger partial charge >= 0.3 is 5.97 Å². The zero-order valence-corrected chi connectivity index (χ0v) is 13.5. The molecule has 1 heterocycles. The predicted octanol–water partition coefficient (Wildman–Crippen LogP) is 1.57. The number of carbonyl (C=O) groups excluding carboxylic acids is 2. The van der Waals surface area contributed by atoms with Crippen LogP contribution in [0.1, 0.15) is 23.0 Å². The number of hydrogen-bond donors (Lipinski definition) is 1. The molecule has 1 aromatic carbocycles. The van der Waals surface area contributed by atoms with Crippen molar-refractivity contribution < 1.29 is 14.3 Å². The third-order valence-corrected chi connectivity index (χ3v) is 3.82. The lowest BCUT2D eigenvalue weighted by Crippen LogP contribution is -2.43. The normalized spacial score (nSPS) is 13.2. The number of aromatic nitrogens is 2. The van der Waals surface area contributed by atoms with Crippen LogP contribution in [0, 0.1) is 5.92 Å². The Morgan fingerprint density at radius 2 is 1.96 bits per heavy atom. The quantitative estimate of drug-likeness (QED) is 0.821. The molecule has 122 valence electrons. The first kappa shape index (κ1) is 16.7. The predicted molar refractivity (Wildman–Crippen MR) is 85.8 cm³/mol. The number of methoxy groups -OCH3 is 1. The van der Waals surface area contributed by atoms with E-state index in [0.717, 1.165) is 5.56 Å².